The molecule has 0 saturated carbocycles. The van der Waals surface area contributed by atoms with E-state index in [0.717, 1.165) is 17.8 Å². The standard InChI is InChI=1S/C19H24N4O2S/c1-13(2)10-22-8-9-23(14(3)18(22)24)19(25)21-16-6-4-15(5-7-16)17-11-26-12-20-17/h4-7,11-14H,8-10H2,1-3H3,(H,21,25)/t14-/m1/s1. The smallest absolute Gasteiger partial charge is 0.322 e. The highest BCUT2D eigenvalue weighted by Gasteiger charge is 2.34. The Kier molecular flexibility index (Phi) is 5.56. The number of carbonyl (C=O) groups excluding carboxylic acids is 2. The lowest BCUT2D eigenvalue weighted by Gasteiger charge is -2.39. The maximum Gasteiger partial charge on any atom is 0.322 e. The molecule has 6 nitrogen and oxygen atoms in total. The average molecular weight is 372 g/mol. The van der Waals surface area contributed by atoms with E-state index < -0.39 is 6.04 Å². The average Bonchev–Trinajstić information content (AvgIpc) is 3.14. The van der Waals surface area contributed by atoms with Crippen molar-refractivity contribution in [2.24, 2.45) is 5.92 Å². The first-order chi connectivity index (χ1) is 12.5. The Hall–Kier alpha value is -2.41. The Balaban J connectivity index is 1.62. The number of thiazole rings is 1. The topological polar surface area (TPSA) is 65.5 Å². The van der Waals surface area contributed by atoms with Crippen LogP contribution in [0.25, 0.3) is 11.3 Å². The Morgan fingerprint density at radius 2 is 2.04 bits per heavy atom. The van der Waals surface area contributed by atoms with Gasteiger partial charge in [-0.15, -0.1) is 11.3 Å². The van der Waals surface area contributed by atoms with Crippen LogP contribution >= 0.6 is 11.3 Å². The van der Waals surface area contributed by atoms with Crippen molar-refractivity contribution < 1.29 is 9.59 Å². The highest BCUT2D eigenvalue weighted by atomic mass is 32.1. The number of benzene rings is 1. The molecule has 1 aliphatic rings. The van der Waals surface area contributed by atoms with Gasteiger partial charge in [0.2, 0.25) is 5.91 Å². The van der Waals surface area contributed by atoms with E-state index in [-0.39, 0.29) is 11.9 Å². The molecule has 1 N–H and O–H groups in total. The van der Waals surface area contributed by atoms with Crippen molar-refractivity contribution in [1.29, 1.82) is 0 Å². The third-order valence-corrected chi connectivity index (χ3v) is 5.04. The van der Waals surface area contributed by atoms with Crippen LogP contribution in [0.2, 0.25) is 0 Å². The number of rotatable bonds is 4. The van der Waals surface area contributed by atoms with Gasteiger partial charge >= 0.3 is 6.03 Å². The van der Waals surface area contributed by atoms with E-state index in [1.54, 1.807) is 28.7 Å². The van der Waals surface area contributed by atoms with E-state index in [9.17, 15) is 9.59 Å². The molecule has 1 fully saturated rings. The van der Waals surface area contributed by atoms with Gasteiger partial charge in [-0.3, -0.25) is 4.79 Å². The second-order valence-electron chi connectivity index (χ2n) is 6.93. The molecule has 1 aromatic heterocycles. The number of nitrogens with zero attached hydrogens (tertiary/aromatic N) is 3. The minimum absolute atomic E-state index is 0.0129. The lowest BCUT2D eigenvalue weighted by molar-refractivity contribution is -0.139. The first-order valence-corrected chi connectivity index (χ1v) is 9.75. The zero-order valence-electron chi connectivity index (χ0n) is 15.3. The summed E-state index contributed by atoms with van der Waals surface area (Å²) in [5.41, 5.74) is 4.43. The summed E-state index contributed by atoms with van der Waals surface area (Å²) in [4.78, 5) is 32.8. The van der Waals surface area contributed by atoms with Crippen LogP contribution in [0.3, 0.4) is 0 Å². The lowest BCUT2D eigenvalue weighted by Crippen LogP contribution is -2.58. The third kappa shape index (κ3) is 4.04. The zero-order valence-corrected chi connectivity index (χ0v) is 16.1. The van der Waals surface area contributed by atoms with E-state index >= 15 is 0 Å². The maximum atomic E-state index is 12.6. The summed E-state index contributed by atoms with van der Waals surface area (Å²) in [7, 11) is 0. The fourth-order valence-electron chi connectivity index (χ4n) is 3.10. The van der Waals surface area contributed by atoms with Crippen LogP contribution in [0.15, 0.2) is 35.2 Å². The predicted molar refractivity (Wildman–Crippen MR) is 104 cm³/mol. The predicted octanol–water partition coefficient (Wildman–Crippen LogP) is 3.53. The van der Waals surface area contributed by atoms with Gasteiger partial charge in [0.25, 0.3) is 0 Å². The van der Waals surface area contributed by atoms with Crippen LogP contribution in [0.4, 0.5) is 10.5 Å². The molecule has 26 heavy (non-hydrogen) atoms. The van der Waals surface area contributed by atoms with E-state index in [1.807, 2.05) is 34.5 Å². The zero-order chi connectivity index (χ0) is 18.7. The second-order valence-corrected chi connectivity index (χ2v) is 7.65. The Bertz CT molecular complexity index is 758. The normalized spacial score (nSPS) is 17.7. The number of carbonyl (C=O) groups is 2. The van der Waals surface area contributed by atoms with E-state index in [1.165, 1.54) is 0 Å². The number of aromatic nitrogens is 1. The quantitative estimate of drug-likeness (QED) is 0.893. The van der Waals surface area contributed by atoms with Gasteiger partial charge in [0.05, 0.1) is 11.2 Å². The minimum Gasteiger partial charge on any atom is -0.339 e. The van der Waals surface area contributed by atoms with Gasteiger partial charge in [-0.25, -0.2) is 9.78 Å². The SMILES string of the molecule is CC(C)CN1CCN(C(=O)Nc2ccc(-c3cscn3)cc2)[C@H](C)C1=O. The third-order valence-electron chi connectivity index (χ3n) is 4.46. The fraction of sp³-hybridized carbons (Fsp3) is 0.421. The van der Waals surface area contributed by atoms with Gasteiger partial charge in [0.1, 0.15) is 6.04 Å². The van der Waals surface area contributed by atoms with Crippen molar-refractivity contribution in [2.45, 2.75) is 26.8 Å². The number of nitrogens with one attached hydrogen (secondary N) is 1. The summed E-state index contributed by atoms with van der Waals surface area (Å²) in [6, 6.07) is 6.88. The Morgan fingerprint density at radius 3 is 2.65 bits per heavy atom. The van der Waals surface area contributed by atoms with E-state index in [0.29, 0.717) is 24.7 Å². The molecule has 1 saturated heterocycles. The van der Waals surface area contributed by atoms with Crippen molar-refractivity contribution in [1.82, 2.24) is 14.8 Å². The fourth-order valence-corrected chi connectivity index (χ4v) is 3.67. The molecule has 7 heteroatoms. The largest absolute Gasteiger partial charge is 0.339 e. The van der Waals surface area contributed by atoms with Gasteiger partial charge in [-0.2, -0.15) is 0 Å². The molecule has 0 aliphatic carbocycles. The van der Waals surface area contributed by atoms with Crippen LogP contribution in [-0.4, -0.2) is 52.4 Å². The highest BCUT2D eigenvalue weighted by molar-refractivity contribution is 7.07. The molecule has 0 bridgehead atoms. The molecule has 2 aromatic rings. The molecule has 1 aliphatic heterocycles. The number of hydrogen-bond acceptors (Lipinski definition) is 4. The summed E-state index contributed by atoms with van der Waals surface area (Å²) in [5.74, 6) is 0.432. The van der Waals surface area contributed by atoms with Gasteiger partial charge in [0, 0.05) is 36.3 Å². The van der Waals surface area contributed by atoms with Crippen LogP contribution in [0.5, 0.6) is 0 Å². The summed E-state index contributed by atoms with van der Waals surface area (Å²) >= 11 is 1.55. The molecule has 3 rings (SSSR count). The molecule has 0 radical (unpaired) electrons. The molecule has 0 spiro atoms. The summed E-state index contributed by atoms with van der Waals surface area (Å²) in [6.07, 6.45) is 0. The van der Waals surface area contributed by atoms with Crippen molar-refractivity contribution in [3.05, 3.63) is 35.2 Å². The number of anilines is 1. The second kappa shape index (κ2) is 7.86. The van der Waals surface area contributed by atoms with E-state index in [4.69, 9.17) is 0 Å². The van der Waals surface area contributed by atoms with E-state index in [2.05, 4.69) is 24.1 Å². The number of urea groups is 1. The Morgan fingerprint density at radius 1 is 1.31 bits per heavy atom. The van der Waals surface area contributed by atoms with Crippen LogP contribution in [-0.2, 0) is 4.79 Å². The van der Waals surface area contributed by atoms with Crippen LogP contribution in [0, 0.1) is 5.92 Å². The van der Waals surface area contributed by atoms with Crippen LogP contribution in [0.1, 0.15) is 20.8 Å². The van der Waals surface area contributed by atoms with Gasteiger partial charge in [-0.1, -0.05) is 26.0 Å². The number of hydrogen-bond donors (Lipinski definition) is 1. The molecule has 0 unspecified atom stereocenters. The molecular formula is C19H24N4O2S. The molecule has 3 amide bonds. The maximum absolute atomic E-state index is 12.6. The molecular weight excluding hydrogens is 348 g/mol. The number of piperazine rings is 1. The lowest BCUT2D eigenvalue weighted by atomic mass is 10.1. The monoisotopic (exact) mass is 372 g/mol. The van der Waals surface area contributed by atoms with Crippen molar-refractivity contribution >= 4 is 29.0 Å². The van der Waals surface area contributed by atoms with Gasteiger partial charge in [0.15, 0.2) is 0 Å². The van der Waals surface area contributed by atoms with Crippen molar-refractivity contribution in [3.8, 4) is 11.3 Å². The van der Waals surface area contributed by atoms with Crippen molar-refractivity contribution in [3.63, 3.8) is 0 Å². The van der Waals surface area contributed by atoms with Gasteiger partial charge < -0.3 is 15.1 Å². The molecule has 2 heterocycles. The molecule has 138 valence electrons. The van der Waals surface area contributed by atoms with Gasteiger partial charge in [-0.05, 0) is 25.0 Å². The molecule has 1 aromatic carbocycles. The summed E-state index contributed by atoms with van der Waals surface area (Å²) in [5, 5.41) is 4.87. The Labute approximate surface area is 157 Å². The number of amides is 3. The summed E-state index contributed by atoms with van der Waals surface area (Å²) < 4.78 is 0. The van der Waals surface area contributed by atoms with Crippen LogP contribution < -0.4 is 5.32 Å². The molecule has 1 atom stereocenters. The first-order valence-electron chi connectivity index (χ1n) is 8.80. The summed E-state index contributed by atoms with van der Waals surface area (Å²) in [6.45, 7) is 7.83. The minimum atomic E-state index is -0.447. The van der Waals surface area contributed by atoms with Crippen molar-refractivity contribution in [2.75, 3.05) is 25.0 Å². The highest BCUT2D eigenvalue weighted by Crippen LogP contribution is 2.22. The first kappa shape index (κ1) is 18.4.